The molecule has 1 unspecified atom stereocenters. The van der Waals surface area contributed by atoms with Gasteiger partial charge in [0, 0.05) is 31.1 Å². The number of primary amides is 1. The molecule has 3 N–H and O–H groups in total. The van der Waals surface area contributed by atoms with Crippen LogP contribution in [0.4, 0.5) is 4.79 Å². The summed E-state index contributed by atoms with van der Waals surface area (Å²) in [5.74, 6) is 1.18. The van der Waals surface area contributed by atoms with Gasteiger partial charge in [-0.3, -0.25) is 0 Å². The van der Waals surface area contributed by atoms with E-state index in [9.17, 15) is 4.79 Å². The fourth-order valence-electron chi connectivity index (χ4n) is 2.88. The molecule has 0 aliphatic carbocycles. The van der Waals surface area contributed by atoms with Gasteiger partial charge in [0.1, 0.15) is 6.33 Å². The minimum absolute atomic E-state index is 0.246. The number of fused-ring (bicyclic) bond motifs is 1. The van der Waals surface area contributed by atoms with Crippen LogP contribution in [0.5, 0.6) is 11.5 Å². The Morgan fingerprint density at radius 1 is 1.30 bits per heavy atom. The molecule has 122 valence electrons. The molecule has 1 aliphatic rings. The van der Waals surface area contributed by atoms with E-state index in [-0.39, 0.29) is 6.04 Å². The van der Waals surface area contributed by atoms with Crippen LogP contribution in [-0.4, -0.2) is 54.8 Å². The molecule has 0 saturated carbocycles. The van der Waals surface area contributed by atoms with Gasteiger partial charge in [-0.05, 0) is 6.07 Å². The van der Waals surface area contributed by atoms with Crippen molar-refractivity contribution in [3.8, 4) is 11.5 Å². The Hall–Kier alpha value is -2.61. The summed E-state index contributed by atoms with van der Waals surface area (Å²) < 4.78 is 10.7. The lowest BCUT2D eigenvalue weighted by Crippen LogP contribution is -2.50. The number of nitrogens with two attached hydrogens (primary N) is 1. The zero-order valence-electron chi connectivity index (χ0n) is 13.1. The van der Waals surface area contributed by atoms with E-state index >= 15 is 0 Å². The minimum atomic E-state index is -0.455. The second-order valence-electron chi connectivity index (χ2n) is 5.23. The van der Waals surface area contributed by atoms with Gasteiger partial charge in [-0.2, -0.15) is 0 Å². The minimum Gasteiger partial charge on any atom is -0.493 e. The van der Waals surface area contributed by atoms with Crippen molar-refractivity contribution in [1.82, 2.24) is 20.2 Å². The predicted octanol–water partition coefficient (Wildman–Crippen LogP) is 0.672. The molecule has 1 atom stereocenters. The van der Waals surface area contributed by atoms with E-state index < -0.39 is 6.03 Å². The lowest BCUT2D eigenvalue weighted by molar-refractivity contribution is 0.166. The van der Waals surface area contributed by atoms with Gasteiger partial charge in [0.25, 0.3) is 0 Å². The van der Waals surface area contributed by atoms with Crippen LogP contribution in [0.1, 0.15) is 11.7 Å². The smallest absolute Gasteiger partial charge is 0.315 e. The Morgan fingerprint density at radius 2 is 2.04 bits per heavy atom. The largest absolute Gasteiger partial charge is 0.493 e. The Balaban J connectivity index is 2.14. The Morgan fingerprint density at radius 3 is 2.74 bits per heavy atom. The number of hydrogen-bond acceptors (Lipinski definition) is 6. The van der Waals surface area contributed by atoms with Crippen molar-refractivity contribution in [2.75, 3.05) is 33.9 Å². The number of aromatic nitrogens is 2. The number of benzene rings is 1. The molecule has 1 aliphatic heterocycles. The number of nitrogens with zero attached hydrogens (tertiary/aromatic N) is 3. The van der Waals surface area contributed by atoms with Gasteiger partial charge >= 0.3 is 6.03 Å². The van der Waals surface area contributed by atoms with Crippen LogP contribution in [0.25, 0.3) is 10.9 Å². The number of carbonyl (C=O) groups is 1. The van der Waals surface area contributed by atoms with E-state index in [1.807, 2.05) is 6.07 Å². The van der Waals surface area contributed by atoms with E-state index in [1.165, 1.54) is 6.33 Å². The van der Waals surface area contributed by atoms with E-state index in [4.69, 9.17) is 15.2 Å². The molecule has 8 heteroatoms. The van der Waals surface area contributed by atoms with E-state index in [2.05, 4.69) is 15.3 Å². The molecule has 0 bridgehead atoms. The third-order valence-corrected chi connectivity index (χ3v) is 4.01. The predicted molar refractivity (Wildman–Crippen MR) is 84.5 cm³/mol. The fourth-order valence-corrected chi connectivity index (χ4v) is 2.88. The summed E-state index contributed by atoms with van der Waals surface area (Å²) in [6.07, 6.45) is 1.48. The lowest BCUT2D eigenvalue weighted by Gasteiger charge is -2.34. The van der Waals surface area contributed by atoms with Crippen molar-refractivity contribution in [2.45, 2.75) is 6.04 Å². The average Bonchev–Trinajstić information content (AvgIpc) is 2.59. The molecule has 1 aromatic heterocycles. The Kier molecular flexibility index (Phi) is 4.16. The van der Waals surface area contributed by atoms with Crippen molar-refractivity contribution in [3.05, 3.63) is 24.2 Å². The molecule has 1 fully saturated rings. The second kappa shape index (κ2) is 6.25. The number of carbonyl (C=O) groups excluding carboxylic acids is 1. The quantitative estimate of drug-likeness (QED) is 0.862. The number of nitrogens with one attached hydrogen (secondary N) is 1. The van der Waals surface area contributed by atoms with Crippen LogP contribution in [0, 0.1) is 0 Å². The molecule has 2 aromatic rings. The van der Waals surface area contributed by atoms with Gasteiger partial charge in [0.15, 0.2) is 11.5 Å². The third-order valence-electron chi connectivity index (χ3n) is 4.01. The van der Waals surface area contributed by atoms with Gasteiger partial charge < -0.3 is 25.4 Å². The summed E-state index contributed by atoms with van der Waals surface area (Å²) in [4.78, 5) is 22.0. The maximum Gasteiger partial charge on any atom is 0.315 e. The molecule has 23 heavy (non-hydrogen) atoms. The molecule has 0 radical (unpaired) electrons. The fraction of sp³-hybridized carbons (Fsp3) is 0.400. The van der Waals surface area contributed by atoms with Gasteiger partial charge in [-0.1, -0.05) is 0 Å². The van der Waals surface area contributed by atoms with Crippen LogP contribution in [0.2, 0.25) is 0 Å². The molecule has 1 aromatic carbocycles. The molecule has 3 rings (SSSR count). The topological polar surface area (TPSA) is 103 Å². The standard InChI is InChI=1S/C15H19N5O3/c1-22-12-5-9-10(6-13(12)23-2)18-8-19-14(9)11-7-17-3-4-20(11)15(16)21/h5-6,8,11,17H,3-4,7H2,1-2H3,(H2,16,21). The van der Waals surface area contributed by atoms with Crippen molar-refractivity contribution in [1.29, 1.82) is 0 Å². The molecule has 8 nitrogen and oxygen atoms in total. The van der Waals surface area contributed by atoms with Crippen LogP contribution >= 0.6 is 0 Å². The highest BCUT2D eigenvalue weighted by atomic mass is 16.5. The first-order valence-corrected chi connectivity index (χ1v) is 7.29. The summed E-state index contributed by atoms with van der Waals surface area (Å²) in [5, 5.41) is 4.08. The summed E-state index contributed by atoms with van der Waals surface area (Å²) >= 11 is 0. The highest BCUT2D eigenvalue weighted by Crippen LogP contribution is 2.34. The SMILES string of the molecule is COc1cc2ncnc(C3CNCCN3C(N)=O)c2cc1OC. The monoisotopic (exact) mass is 317 g/mol. The zero-order valence-corrected chi connectivity index (χ0v) is 13.1. The van der Waals surface area contributed by atoms with Crippen molar-refractivity contribution in [3.63, 3.8) is 0 Å². The summed E-state index contributed by atoms with van der Waals surface area (Å²) in [6, 6.07) is 2.93. The van der Waals surface area contributed by atoms with E-state index in [0.29, 0.717) is 31.1 Å². The maximum absolute atomic E-state index is 11.7. The molecule has 0 spiro atoms. The molecule has 2 amide bonds. The number of piperazine rings is 1. The highest BCUT2D eigenvalue weighted by Gasteiger charge is 2.29. The Bertz CT molecular complexity index is 736. The molecular weight excluding hydrogens is 298 g/mol. The summed E-state index contributed by atoms with van der Waals surface area (Å²) in [6.45, 7) is 1.84. The third kappa shape index (κ3) is 2.72. The summed E-state index contributed by atoms with van der Waals surface area (Å²) in [7, 11) is 3.15. The normalized spacial score (nSPS) is 18.0. The van der Waals surface area contributed by atoms with Crippen molar-refractivity contribution >= 4 is 16.9 Å². The number of rotatable bonds is 3. The first-order chi connectivity index (χ1) is 11.2. The number of urea groups is 1. The van der Waals surface area contributed by atoms with Gasteiger partial charge in [0.2, 0.25) is 0 Å². The first-order valence-electron chi connectivity index (χ1n) is 7.29. The summed E-state index contributed by atoms with van der Waals surface area (Å²) in [5.41, 5.74) is 6.97. The first kappa shape index (κ1) is 15.3. The number of methoxy groups -OCH3 is 2. The van der Waals surface area contributed by atoms with Crippen LogP contribution in [-0.2, 0) is 0 Å². The molecule has 1 saturated heterocycles. The Labute approximate surface area is 133 Å². The van der Waals surface area contributed by atoms with Gasteiger partial charge in [-0.15, -0.1) is 0 Å². The molecule has 2 heterocycles. The average molecular weight is 317 g/mol. The van der Waals surface area contributed by atoms with Gasteiger partial charge in [-0.25, -0.2) is 14.8 Å². The van der Waals surface area contributed by atoms with Crippen LogP contribution in [0.3, 0.4) is 0 Å². The number of amides is 2. The highest BCUT2D eigenvalue weighted by molar-refractivity contribution is 5.85. The van der Waals surface area contributed by atoms with Crippen molar-refractivity contribution < 1.29 is 14.3 Å². The number of ether oxygens (including phenoxy) is 2. The zero-order chi connectivity index (χ0) is 16.4. The van der Waals surface area contributed by atoms with Crippen molar-refractivity contribution in [2.24, 2.45) is 5.73 Å². The van der Waals surface area contributed by atoms with E-state index in [0.717, 1.165) is 16.6 Å². The molecular formula is C15H19N5O3. The van der Waals surface area contributed by atoms with E-state index in [1.54, 1.807) is 25.2 Å². The number of hydrogen-bond donors (Lipinski definition) is 2. The van der Waals surface area contributed by atoms with Crippen LogP contribution < -0.4 is 20.5 Å². The second-order valence-corrected chi connectivity index (χ2v) is 5.23. The maximum atomic E-state index is 11.7. The van der Waals surface area contributed by atoms with Gasteiger partial charge in [0.05, 0.1) is 31.5 Å². The lowest BCUT2D eigenvalue weighted by atomic mass is 10.0. The van der Waals surface area contributed by atoms with Crippen LogP contribution in [0.15, 0.2) is 18.5 Å².